The molecule has 220 valence electrons. The Balaban J connectivity index is 1.90. The van der Waals surface area contributed by atoms with E-state index in [-0.39, 0.29) is 43.8 Å². The quantitative estimate of drug-likeness (QED) is 0.275. The molecule has 0 spiro atoms. The molecule has 1 N–H and O–H groups in total. The summed E-state index contributed by atoms with van der Waals surface area (Å²) >= 11 is 6.25. The van der Waals surface area contributed by atoms with Crippen molar-refractivity contribution < 1.29 is 18.0 Å². The lowest BCUT2D eigenvalue weighted by Gasteiger charge is -2.32. The summed E-state index contributed by atoms with van der Waals surface area (Å²) in [6.07, 6.45) is 1.87. The second-order valence-electron chi connectivity index (χ2n) is 10.7. The molecule has 0 fully saturated rings. The number of amides is 2. The largest absolute Gasteiger partial charge is 0.352 e. The number of halogens is 1. The van der Waals surface area contributed by atoms with E-state index >= 15 is 0 Å². The lowest BCUT2D eigenvalue weighted by atomic mass is 10.0. The van der Waals surface area contributed by atoms with Crippen LogP contribution in [-0.4, -0.2) is 50.0 Å². The number of aryl methyl sites for hydroxylation is 2. The summed E-state index contributed by atoms with van der Waals surface area (Å²) in [4.78, 5) is 29.0. The smallest absolute Gasteiger partial charge is 0.243 e. The Morgan fingerprint density at radius 2 is 1.61 bits per heavy atom. The molecule has 0 aliphatic carbocycles. The normalized spacial score (nSPS) is 12.2. The maximum atomic E-state index is 13.9. The van der Waals surface area contributed by atoms with Gasteiger partial charge in [0.1, 0.15) is 6.04 Å². The second kappa shape index (κ2) is 14.5. The predicted octanol–water partition coefficient (Wildman–Crippen LogP) is 5.67. The van der Waals surface area contributed by atoms with Gasteiger partial charge in [-0.25, -0.2) is 8.42 Å². The van der Waals surface area contributed by atoms with Crippen LogP contribution in [0, 0.1) is 13.8 Å². The van der Waals surface area contributed by atoms with Crippen LogP contribution < -0.4 is 9.62 Å². The lowest BCUT2D eigenvalue weighted by Crippen LogP contribution is -2.51. The zero-order chi connectivity index (χ0) is 30.2. The van der Waals surface area contributed by atoms with E-state index in [0.717, 1.165) is 22.3 Å². The average Bonchev–Trinajstić information content (AvgIpc) is 2.89. The number of nitrogens with zero attached hydrogens (tertiary/aromatic N) is 2. The highest BCUT2D eigenvalue weighted by molar-refractivity contribution is 7.92. The molecule has 0 radical (unpaired) electrons. The third-order valence-corrected chi connectivity index (χ3v) is 8.14. The number of carbonyl (C=O) groups is 2. The predicted molar refractivity (Wildman–Crippen MR) is 167 cm³/mol. The van der Waals surface area contributed by atoms with Crippen LogP contribution in [-0.2, 0) is 32.6 Å². The molecule has 3 aromatic rings. The molecule has 9 heteroatoms. The molecule has 0 aliphatic heterocycles. The fourth-order valence-electron chi connectivity index (χ4n) is 4.74. The summed E-state index contributed by atoms with van der Waals surface area (Å²) in [6.45, 7) is 7.87. The minimum atomic E-state index is -3.58. The number of anilines is 1. The molecule has 0 aromatic heterocycles. The topological polar surface area (TPSA) is 86.8 Å². The van der Waals surface area contributed by atoms with E-state index in [1.165, 1.54) is 10.6 Å². The van der Waals surface area contributed by atoms with E-state index in [1.807, 2.05) is 88.4 Å². The van der Waals surface area contributed by atoms with Crippen molar-refractivity contribution in [3.05, 3.63) is 100 Å². The SMILES string of the molecule is Cc1ccc(C)c(N(CCCC(=O)N(Cc2cccc(Cl)c2)C(Cc2ccccc2)C(=O)NC(C)C)S(C)(=O)=O)c1. The van der Waals surface area contributed by atoms with Crippen molar-refractivity contribution in [3.63, 3.8) is 0 Å². The van der Waals surface area contributed by atoms with Gasteiger partial charge in [0, 0.05) is 37.0 Å². The highest BCUT2D eigenvalue weighted by atomic mass is 35.5. The van der Waals surface area contributed by atoms with Gasteiger partial charge in [0.05, 0.1) is 11.9 Å². The van der Waals surface area contributed by atoms with Crippen molar-refractivity contribution in [3.8, 4) is 0 Å². The summed E-state index contributed by atoms with van der Waals surface area (Å²) in [5, 5.41) is 3.52. The highest BCUT2D eigenvalue weighted by Crippen LogP contribution is 2.25. The van der Waals surface area contributed by atoms with Crippen LogP contribution in [0.3, 0.4) is 0 Å². The molecule has 41 heavy (non-hydrogen) atoms. The Labute approximate surface area is 249 Å². The van der Waals surface area contributed by atoms with Crippen LogP contribution in [0.5, 0.6) is 0 Å². The van der Waals surface area contributed by atoms with E-state index in [0.29, 0.717) is 17.1 Å². The van der Waals surface area contributed by atoms with Crippen molar-refractivity contribution in [1.29, 1.82) is 0 Å². The van der Waals surface area contributed by atoms with Crippen molar-refractivity contribution in [1.82, 2.24) is 10.2 Å². The van der Waals surface area contributed by atoms with Gasteiger partial charge >= 0.3 is 0 Å². The van der Waals surface area contributed by atoms with E-state index in [9.17, 15) is 18.0 Å². The van der Waals surface area contributed by atoms with Gasteiger partial charge in [0.15, 0.2) is 0 Å². The zero-order valence-electron chi connectivity index (χ0n) is 24.4. The maximum Gasteiger partial charge on any atom is 0.243 e. The number of benzene rings is 3. The third kappa shape index (κ3) is 9.61. The molecule has 1 atom stereocenters. The minimum Gasteiger partial charge on any atom is -0.352 e. The van der Waals surface area contributed by atoms with E-state index < -0.39 is 16.1 Å². The van der Waals surface area contributed by atoms with Crippen LogP contribution in [0.15, 0.2) is 72.8 Å². The lowest BCUT2D eigenvalue weighted by molar-refractivity contribution is -0.141. The van der Waals surface area contributed by atoms with Gasteiger partial charge in [0.2, 0.25) is 21.8 Å². The van der Waals surface area contributed by atoms with Crippen LogP contribution in [0.4, 0.5) is 5.69 Å². The Kier molecular flexibility index (Phi) is 11.4. The van der Waals surface area contributed by atoms with Gasteiger partial charge < -0.3 is 10.2 Å². The Bertz CT molecular complexity index is 1440. The molecular weight excluding hydrogens is 558 g/mol. The molecule has 0 aliphatic rings. The number of carbonyl (C=O) groups excluding carboxylic acids is 2. The fourth-order valence-corrected chi connectivity index (χ4v) is 5.96. The third-order valence-electron chi connectivity index (χ3n) is 6.73. The Hall–Kier alpha value is -3.36. The van der Waals surface area contributed by atoms with Gasteiger partial charge in [0.25, 0.3) is 0 Å². The molecule has 0 saturated heterocycles. The molecule has 7 nitrogen and oxygen atoms in total. The number of rotatable bonds is 13. The Morgan fingerprint density at radius 3 is 2.24 bits per heavy atom. The second-order valence-corrected chi connectivity index (χ2v) is 13.1. The first-order valence-electron chi connectivity index (χ1n) is 13.8. The highest BCUT2D eigenvalue weighted by Gasteiger charge is 2.31. The standard InChI is InChI=1S/C32H40ClN3O4S/c1-23(2)34-32(38)30(21-26-11-7-6-8-12-26)35(22-27-13-9-14-28(33)20-27)31(37)15-10-18-36(41(5,39)40)29-19-24(3)16-17-25(29)4/h6-9,11-14,16-17,19-20,23,30H,10,15,18,21-22H2,1-5H3,(H,34,38). The van der Waals surface area contributed by atoms with Gasteiger partial charge in [-0.15, -0.1) is 0 Å². The average molecular weight is 598 g/mol. The maximum absolute atomic E-state index is 13.9. The number of nitrogens with one attached hydrogen (secondary N) is 1. The van der Waals surface area contributed by atoms with Gasteiger partial charge in [-0.1, -0.05) is 66.2 Å². The monoisotopic (exact) mass is 597 g/mol. The first kappa shape index (κ1) is 32.2. The Morgan fingerprint density at radius 1 is 0.927 bits per heavy atom. The number of sulfonamides is 1. The molecule has 3 rings (SSSR count). The van der Waals surface area contributed by atoms with Crippen LogP contribution in [0.2, 0.25) is 5.02 Å². The summed E-state index contributed by atoms with van der Waals surface area (Å²) in [5.74, 6) is -0.480. The molecule has 0 heterocycles. The minimum absolute atomic E-state index is 0.0672. The molecular formula is C32H40ClN3O4S. The number of hydrogen-bond acceptors (Lipinski definition) is 4. The zero-order valence-corrected chi connectivity index (χ0v) is 26.0. The molecule has 0 bridgehead atoms. The first-order chi connectivity index (χ1) is 19.3. The fraction of sp³-hybridized carbons (Fsp3) is 0.375. The van der Waals surface area contributed by atoms with E-state index in [2.05, 4.69) is 5.32 Å². The van der Waals surface area contributed by atoms with Crippen LogP contribution in [0.25, 0.3) is 0 Å². The summed E-state index contributed by atoms with van der Waals surface area (Å²) in [7, 11) is -3.58. The number of hydrogen-bond donors (Lipinski definition) is 1. The summed E-state index contributed by atoms with van der Waals surface area (Å²) < 4.78 is 26.9. The first-order valence-corrected chi connectivity index (χ1v) is 16.0. The van der Waals surface area contributed by atoms with E-state index in [1.54, 1.807) is 17.0 Å². The van der Waals surface area contributed by atoms with Gasteiger partial charge in [-0.3, -0.25) is 13.9 Å². The van der Waals surface area contributed by atoms with Gasteiger partial charge in [-0.05, 0) is 74.6 Å². The van der Waals surface area contributed by atoms with Crippen molar-refractivity contribution in [2.75, 3.05) is 17.1 Å². The molecule has 3 aromatic carbocycles. The van der Waals surface area contributed by atoms with Crippen LogP contribution in [0.1, 0.15) is 48.9 Å². The van der Waals surface area contributed by atoms with E-state index in [4.69, 9.17) is 11.6 Å². The molecule has 1 unspecified atom stereocenters. The molecule has 0 saturated carbocycles. The van der Waals surface area contributed by atoms with Crippen molar-refractivity contribution in [2.45, 2.75) is 65.6 Å². The summed E-state index contributed by atoms with van der Waals surface area (Å²) in [6, 6.07) is 21.6. The van der Waals surface area contributed by atoms with Crippen molar-refractivity contribution in [2.24, 2.45) is 0 Å². The van der Waals surface area contributed by atoms with Crippen LogP contribution >= 0.6 is 11.6 Å². The molecule has 2 amide bonds. The van der Waals surface area contributed by atoms with Gasteiger partial charge in [-0.2, -0.15) is 0 Å². The summed E-state index contributed by atoms with van der Waals surface area (Å²) in [5.41, 5.74) is 4.12. The van der Waals surface area contributed by atoms with Crippen molar-refractivity contribution >= 4 is 39.1 Å².